The molecule has 1 aromatic carbocycles. The summed E-state index contributed by atoms with van der Waals surface area (Å²) in [7, 11) is 2.24. The van der Waals surface area contributed by atoms with Crippen molar-refractivity contribution in [1.29, 1.82) is 0 Å². The highest BCUT2D eigenvalue weighted by molar-refractivity contribution is 9.10. The lowest BCUT2D eigenvalue weighted by Crippen LogP contribution is -2.38. The second-order valence-electron chi connectivity index (χ2n) is 5.00. The predicted molar refractivity (Wildman–Crippen MR) is 76.1 cm³/mol. The van der Waals surface area contributed by atoms with E-state index in [9.17, 15) is 0 Å². The summed E-state index contributed by atoms with van der Waals surface area (Å²) in [5.41, 5.74) is 1.34. The molecule has 1 unspecified atom stereocenters. The van der Waals surface area contributed by atoms with Crippen LogP contribution in [0.5, 0.6) is 0 Å². The van der Waals surface area contributed by atoms with E-state index in [2.05, 4.69) is 64.4 Å². The molecule has 0 heterocycles. The molecular weight excluding hydrogens is 276 g/mol. The van der Waals surface area contributed by atoms with E-state index in [1.54, 1.807) is 0 Å². The van der Waals surface area contributed by atoms with Crippen LogP contribution >= 0.6 is 15.9 Å². The van der Waals surface area contributed by atoms with Gasteiger partial charge in [0, 0.05) is 29.6 Å². The highest BCUT2D eigenvalue weighted by atomic mass is 79.9. The molecule has 1 aliphatic rings. The summed E-state index contributed by atoms with van der Waals surface area (Å²) in [5, 5.41) is 3.53. The largest absolute Gasteiger partial charge is 0.311 e. The molecular formula is C14H21BrN2. The zero-order valence-corrected chi connectivity index (χ0v) is 12.2. The number of hydrogen-bond acceptors (Lipinski definition) is 2. The number of benzene rings is 1. The van der Waals surface area contributed by atoms with Crippen LogP contribution in [0.15, 0.2) is 28.7 Å². The molecule has 0 spiro atoms. The summed E-state index contributed by atoms with van der Waals surface area (Å²) >= 11 is 3.45. The van der Waals surface area contributed by atoms with Gasteiger partial charge in [0.1, 0.15) is 0 Å². The Morgan fingerprint density at radius 1 is 1.35 bits per heavy atom. The zero-order chi connectivity index (χ0) is 12.3. The third-order valence-corrected chi connectivity index (χ3v) is 4.03. The lowest BCUT2D eigenvalue weighted by atomic mass is 10.2. The molecule has 94 valence electrons. The molecule has 1 N–H and O–H groups in total. The Labute approximate surface area is 113 Å². The number of likely N-dealkylation sites (N-methyl/N-ethyl adjacent to an activating group) is 1. The van der Waals surface area contributed by atoms with E-state index < -0.39 is 0 Å². The van der Waals surface area contributed by atoms with Crippen molar-refractivity contribution in [3.8, 4) is 0 Å². The van der Waals surface area contributed by atoms with Crippen LogP contribution in [0.4, 0.5) is 0 Å². The molecule has 1 fully saturated rings. The molecule has 3 heteroatoms. The third kappa shape index (κ3) is 4.09. The Morgan fingerprint density at radius 3 is 2.59 bits per heavy atom. The Kier molecular flexibility index (Phi) is 4.60. The number of halogens is 1. The van der Waals surface area contributed by atoms with Crippen molar-refractivity contribution in [3.63, 3.8) is 0 Å². The monoisotopic (exact) mass is 296 g/mol. The van der Waals surface area contributed by atoms with Gasteiger partial charge < -0.3 is 5.32 Å². The quantitative estimate of drug-likeness (QED) is 0.868. The summed E-state index contributed by atoms with van der Waals surface area (Å²) in [6.07, 6.45) is 2.76. The fourth-order valence-corrected chi connectivity index (χ4v) is 2.28. The minimum atomic E-state index is 0.623. The second kappa shape index (κ2) is 5.98. The number of nitrogens with zero attached hydrogens (tertiary/aromatic N) is 1. The normalized spacial score (nSPS) is 17.4. The summed E-state index contributed by atoms with van der Waals surface area (Å²) < 4.78 is 1.14. The van der Waals surface area contributed by atoms with Crippen LogP contribution in [0.1, 0.15) is 25.3 Å². The second-order valence-corrected chi connectivity index (χ2v) is 5.92. The molecule has 2 rings (SSSR count). The molecule has 0 radical (unpaired) electrons. The van der Waals surface area contributed by atoms with Crippen LogP contribution in [0.2, 0.25) is 0 Å². The predicted octanol–water partition coefficient (Wildman–Crippen LogP) is 3.02. The highest BCUT2D eigenvalue weighted by Gasteiger charge is 2.28. The molecule has 0 aliphatic heterocycles. The van der Waals surface area contributed by atoms with E-state index in [4.69, 9.17) is 0 Å². The molecule has 0 amide bonds. The van der Waals surface area contributed by atoms with E-state index >= 15 is 0 Å². The summed E-state index contributed by atoms with van der Waals surface area (Å²) in [6.45, 7) is 4.31. The van der Waals surface area contributed by atoms with Gasteiger partial charge in [-0.15, -0.1) is 0 Å². The van der Waals surface area contributed by atoms with Crippen molar-refractivity contribution in [1.82, 2.24) is 10.2 Å². The summed E-state index contributed by atoms with van der Waals surface area (Å²) in [6, 6.07) is 9.98. The number of hydrogen-bond donors (Lipinski definition) is 1. The lowest BCUT2D eigenvalue weighted by molar-refractivity contribution is 0.241. The van der Waals surface area contributed by atoms with Crippen molar-refractivity contribution in [2.75, 3.05) is 13.6 Å². The van der Waals surface area contributed by atoms with Crippen molar-refractivity contribution in [2.45, 2.75) is 38.4 Å². The maximum Gasteiger partial charge on any atom is 0.0206 e. The molecule has 2 nitrogen and oxygen atoms in total. The standard InChI is InChI=1S/C14H21BrN2/c1-11(17(2)14-7-8-14)9-16-10-12-3-5-13(15)6-4-12/h3-6,11,14,16H,7-10H2,1-2H3. The maximum absolute atomic E-state index is 3.53. The van der Waals surface area contributed by atoms with Crippen molar-refractivity contribution in [3.05, 3.63) is 34.3 Å². The first kappa shape index (κ1) is 13.1. The van der Waals surface area contributed by atoms with Gasteiger partial charge in [-0.05, 0) is 44.5 Å². The average Bonchev–Trinajstić information content (AvgIpc) is 3.14. The average molecular weight is 297 g/mol. The van der Waals surface area contributed by atoms with Gasteiger partial charge in [-0.2, -0.15) is 0 Å². The van der Waals surface area contributed by atoms with Gasteiger partial charge in [0.05, 0.1) is 0 Å². The smallest absolute Gasteiger partial charge is 0.0206 e. The van der Waals surface area contributed by atoms with Crippen LogP contribution < -0.4 is 5.32 Å². The maximum atomic E-state index is 3.53. The van der Waals surface area contributed by atoms with Gasteiger partial charge in [0.2, 0.25) is 0 Å². The molecule has 1 saturated carbocycles. The molecule has 0 aromatic heterocycles. The Bertz CT molecular complexity index is 346. The van der Waals surface area contributed by atoms with E-state index in [1.165, 1.54) is 18.4 Å². The number of nitrogens with one attached hydrogen (secondary N) is 1. The van der Waals surface area contributed by atoms with Crippen molar-refractivity contribution < 1.29 is 0 Å². The van der Waals surface area contributed by atoms with E-state index in [0.717, 1.165) is 23.6 Å². The van der Waals surface area contributed by atoms with Crippen LogP contribution in [-0.2, 0) is 6.54 Å². The Balaban J connectivity index is 1.69. The van der Waals surface area contributed by atoms with Crippen molar-refractivity contribution in [2.24, 2.45) is 0 Å². The van der Waals surface area contributed by atoms with Gasteiger partial charge in [0.25, 0.3) is 0 Å². The van der Waals surface area contributed by atoms with Gasteiger partial charge >= 0.3 is 0 Å². The minimum Gasteiger partial charge on any atom is -0.311 e. The zero-order valence-electron chi connectivity index (χ0n) is 10.6. The number of rotatable bonds is 6. The van der Waals surface area contributed by atoms with E-state index in [1.807, 2.05) is 0 Å². The Morgan fingerprint density at radius 2 is 2.00 bits per heavy atom. The third-order valence-electron chi connectivity index (χ3n) is 3.50. The molecule has 17 heavy (non-hydrogen) atoms. The van der Waals surface area contributed by atoms with Crippen LogP contribution in [-0.4, -0.2) is 30.6 Å². The summed E-state index contributed by atoms with van der Waals surface area (Å²) in [5.74, 6) is 0. The van der Waals surface area contributed by atoms with Crippen LogP contribution in [0, 0.1) is 0 Å². The van der Waals surface area contributed by atoms with Gasteiger partial charge in [-0.3, -0.25) is 4.90 Å². The molecule has 1 atom stereocenters. The van der Waals surface area contributed by atoms with E-state index in [-0.39, 0.29) is 0 Å². The molecule has 1 aliphatic carbocycles. The fourth-order valence-electron chi connectivity index (χ4n) is 2.01. The Hall–Kier alpha value is -0.380. The van der Waals surface area contributed by atoms with Gasteiger partial charge in [-0.25, -0.2) is 0 Å². The first-order valence-corrected chi connectivity index (χ1v) is 7.13. The summed E-state index contributed by atoms with van der Waals surface area (Å²) in [4.78, 5) is 2.49. The minimum absolute atomic E-state index is 0.623. The van der Waals surface area contributed by atoms with Gasteiger partial charge in [-0.1, -0.05) is 28.1 Å². The first-order valence-electron chi connectivity index (χ1n) is 6.34. The SMILES string of the molecule is CC(CNCc1ccc(Br)cc1)N(C)C1CC1. The van der Waals surface area contributed by atoms with E-state index in [0.29, 0.717) is 6.04 Å². The lowest BCUT2D eigenvalue weighted by Gasteiger charge is -2.24. The fraction of sp³-hybridized carbons (Fsp3) is 0.571. The topological polar surface area (TPSA) is 15.3 Å². The van der Waals surface area contributed by atoms with Gasteiger partial charge in [0.15, 0.2) is 0 Å². The molecule has 0 saturated heterocycles. The van der Waals surface area contributed by atoms with Crippen molar-refractivity contribution >= 4 is 15.9 Å². The molecule has 0 bridgehead atoms. The first-order chi connectivity index (χ1) is 8.16. The van der Waals surface area contributed by atoms with Crippen LogP contribution in [0.3, 0.4) is 0 Å². The molecule has 1 aromatic rings. The van der Waals surface area contributed by atoms with Crippen LogP contribution in [0.25, 0.3) is 0 Å². The highest BCUT2D eigenvalue weighted by Crippen LogP contribution is 2.26.